The minimum Gasteiger partial charge on any atom is -0.309 e. The lowest BCUT2D eigenvalue weighted by atomic mass is 10.1. The summed E-state index contributed by atoms with van der Waals surface area (Å²) in [5, 5.41) is 2.59. The quantitative estimate of drug-likeness (QED) is 0.384. The van der Waals surface area contributed by atoms with Crippen molar-refractivity contribution in [3.63, 3.8) is 0 Å². The van der Waals surface area contributed by atoms with Crippen molar-refractivity contribution in [1.29, 1.82) is 0 Å². The molecule has 1 saturated carbocycles. The standard InChI is InChI=1S/C25H23OP/c1-20(21-17-18-21)19-25(22-11-5-2-6-12-22)27(26,23-13-7-3-8-14-23)24-15-9-4-10-16-24/h2-16,19,21H,1,17-18H2/b25-19+. The molecule has 0 atom stereocenters. The smallest absolute Gasteiger partial charge is 0.171 e. The van der Waals surface area contributed by atoms with Gasteiger partial charge in [-0.15, -0.1) is 0 Å². The van der Waals surface area contributed by atoms with Crippen LogP contribution in [0.2, 0.25) is 0 Å². The molecule has 0 spiro atoms. The van der Waals surface area contributed by atoms with E-state index in [0.29, 0.717) is 5.92 Å². The van der Waals surface area contributed by atoms with Crippen LogP contribution in [0.25, 0.3) is 5.31 Å². The molecule has 0 N–H and O–H groups in total. The van der Waals surface area contributed by atoms with Gasteiger partial charge in [0.1, 0.15) is 0 Å². The van der Waals surface area contributed by atoms with Crippen LogP contribution in [0.3, 0.4) is 0 Å². The van der Waals surface area contributed by atoms with Crippen LogP contribution in [0.1, 0.15) is 18.4 Å². The number of allylic oxidation sites excluding steroid dienone is 2. The van der Waals surface area contributed by atoms with Crippen LogP contribution < -0.4 is 10.6 Å². The van der Waals surface area contributed by atoms with E-state index in [4.69, 9.17) is 0 Å². The highest BCUT2D eigenvalue weighted by atomic mass is 31.2. The molecule has 0 heterocycles. The number of hydrogen-bond acceptors (Lipinski definition) is 1. The molecular weight excluding hydrogens is 347 g/mol. The van der Waals surface area contributed by atoms with Crippen LogP contribution in [-0.4, -0.2) is 0 Å². The van der Waals surface area contributed by atoms with Gasteiger partial charge in [0.2, 0.25) is 0 Å². The molecule has 134 valence electrons. The molecule has 1 aliphatic carbocycles. The molecule has 0 unspecified atom stereocenters. The fourth-order valence-corrected chi connectivity index (χ4v) is 6.31. The van der Waals surface area contributed by atoms with Gasteiger partial charge in [0.05, 0.1) is 0 Å². The molecule has 1 nitrogen and oxygen atoms in total. The Hall–Kier alpha value is -2.63. The minimum absolute atomic E-state index is 0.531. The highest BCUT2D eigenvalue weighted by Crippen LogP contribution is 2.57. The van der Waals surface area contributed by atoms with E-state index in [9.17, 15) is 4.57 Å². The monoisotopic (exact) mass is 370 g/mol. The maximum Gasteiger partial charge on any atom is 0.171 e. The number of hydrogen-bond donors (Lipinski definition) is 0. The Kier molecular flexibility index (Phi) is 4.97. The SMILES string of the molecule is C=C(/C=C(\c1ccccc1)P(=O)(c1ccccc1)c1ccccc1)C1CC1. The Labute approximate surface area is 161 Å². The van der Waals surface area contributed by atoms with Gasteiger partial charge >= 0.3 is 0 Å². The summed E-state index contributed by atoms with van der Waals surface area (Å²) in [6.07, 6.45) is 4.45. The van der Waals surface area contributed by atoms with Crippen molar-refractivity contribution in [2.75, 3.05) is 0 Å². The van der Waals surface area contributed by atoms with Gasteiger partial charge in [-0.1, -0.05) is 103 Å². The van der Waals surface area contributed by atoms with Crippen LogP contribution in [0.15, 0.2) is 109 Å². The fraction of sp³-hybridized carbons (Fsp3) is 0.120. The lowest BCUT2D eigenvalue weighted by Gasteiger charge is -2.23. The Morgan fingerprint density at radius 2 is 1.22 bits per heavy atom. The van der Waals surface area contributed by atoms with Gasteiger partial charge in [0.15, 0.2) is 7.14 Å². The molecule has 1 aliphatic rings. The molecule has 0 aromatic heterocycles. The van der Waals surface area contributed by atoms with Gasteiger partial charge in [-0.3, -0.25) is 0 Å². The van der Waals surface area contributed by atoms with E-state index in [2.05, 4.69) is 12.7 Å². The molecular formula is C25H23OP. The average molecular weight is 370 g/mol. The van der Waals surface area contributed by atoms with Gasteiger partial charge in [-0.2, -0.15) is 0 Å². The van der Waals surface area contributed by atoms with E-state index in [0.717, 1.165) is 27.1 Å². The molecule has 3 aromatic rings. The van der Waals surface area contributed by atoms with Crippen molar-refractivity contribution in [2.24, 2.45) is 5.92 Å². The van der Waals surface area contributed by atoms with Crippen LogP contribution in [0, 0.1) is 5.92 Å². The highest BCUT2D eigenvalue weighted by Gasteiger charge is 2.34. The molecule has 0 radical (unpaired) electrons. The molecule has 27 heavy (non-hydrogen) atoms. The van der Waals surface area contributed by atoms with Crippen LogP contribution in [0.4, 0.5) is 0 Å². The molecule has 0 saturated heterocycles. The van der Waals surface area contributed by atoms with Crippen LogP contribution >= 0.6 is 7.14 Å². The van der Waals surface area contributed by atoms with Crippen molar-refractivity contribution in [3.05, 3.63) is 115 Å². The first kappa shape index (κ1) is 17.8. The zero-order valence-electron chi connectivity index (χ0n) is 15.3. The van der Waals surface area contributed by atoms with E-state index in [1.54, 1.807) is 0 Å². The minimum atomic E-state index is -3.02. The lowest BCUT2D eigenvalue weighted by molar-refractivity contribution is 0.593. The van der Waals surface area contributed by atoms with Crippen LogP contribution in [-0.2, 0) is 4.57 Å². The second kappa shape index (κ2) is 7.55. The average Bonchev–Trinajstić information content (AvgIpc) is 3.59. The third-order valence-corrected chi connectivity index (χ3v) is 8.19. The second-order valence-electron chi connectivity index (χ2n) is 7.03. The first-order chi connectivity index (χ1) is 13.2. The predicted octanol–water partition coefficient (Wildman–Crippen LogP) is 6.01. The van der Waals surface area contributed by atoms with Gasteiger partial charge in [-0.05, 0) is 30.4 Å². The summed E-state index contributed by atoms with van der Waals surface area (Å²) >= 11 is 0. The zero-order chi connectivity index (χ0) is 18.7. The van der Waals surface area contributed by atoms with Crippen LogP contribution in [0.5, 0.6) is 0 Å². The maximum absolute atomic E-state index is 14.8. The van der Waals surface area contributed by atoms with Crippen molar-refractivity contribution >= 4 is 23.1 Å². The third-order valence-electron chi connectivity index (χ3n) is 5.07. The summed E-state index contributed by atoms with van der Waals surface area (Å²) in [7, 11) is -3.02. The maximum atomic E-state index is 14.8. The Bertz CT molecular complexity index is 956. The molecule has 0 bridgehead atoms. The predicted molar refractivity (Wildman–Crippen MR) is 116 cm³/mol. The molecule has 0 amide bonds. The topological polar surface area (TPSA) is 17.1 Å². The molecule has 1 fully saturated rings. The third kappa shape index (κ3) is 3.61. The van der Waals surface area contributed by atoms with Crippen molar-refractivity contribution < 1.29 is 4.57 Å². The summed E-state index contributed by atoms with van der Waals surface area (Å²) in [5.74, 6) is 0.531. The summed E-state index contributed by atoms with van der Waals surface area (Å²) in [6, 6.07) is 29.8. The molecule has 4 rings (SSSR count). The van der Waals surface area contributed by atoms with Gasteiger partial charge in [0.25, 0.3) is 0 Å². The van der Waals surface area contributed by atoms with Gasteiger partial charge in [-0.25, -0.2) is 0 Å². The van der Waals surface area contributed by atoms with E-state index < -0.39 is 7.14 Å². The zero-order valence-corrected chi connectivity index (χ0v) is 16.2. The fourth-order valence-electron chi connectivity index (χ4n) is 3.42. The van der Waals surface area contributed by atoms with E-state index in [-0.39, 0.29) is 0 Å². The van der Waals surface area contributed by atoms with Gasteiger partial charge < -0.3 is 4.57 Å². The Morgan fingerprint density at radius 3 is 1.67 bits per heavy atom. The summed E-state index contributed by atoms with van der Waals surface area (Å²) < 4.78 is 14.8. The normalized spacial score (nSPS) is 14.7. The lowest BCUT2D eigenvalue weighted by Crippen LogP contribution is -2.17. The second-order valence-corrected chi connectivity index (χ2v) is 9.76. The number of rotatable bonds is 6. The summed E-state index contributed by atoms with van der Waals surface area (Å²) in [5.41, 5.74) is 2.08. The Morgan fingerprint density at radius 1 is 0.778 bits per heavy atom. The summed E-state index contributed by atoms with van der Waals surface area (Å²) in [6.45, 7) is 4.29. The molecule has 0 aliphatic heterocycles. The Balaban J connectivity index is 1.97. The molecule has 3 aromatic carbocycles. The van der Waals surface area contributed by atoms with E-state index in [1.807, 2.05) is 91.0 Å². The first-order valence-electron chi connectivity index (χ1n) is 9.37. The van der Waals surface area contributed by atoms with Crippen molar-refractivity contribution in [2.45, 2.75) is 12.8 Å². The van der Waals surface area contributed by atoms with E-state index >= 15 is 0 Å². The highest BCUT2D eigenvalue weighted by molar-refractivity contribution is 7.87. The molecule has 2 heteroatoms. The van der Waals surface area contributed by atoms with E-state index in [1.165, 1.54) is 12.8 Å². The van der Waals surface area contributed by atoms with Crippen molar-refractivity contribution in [3.8, 4) is 0 Å². The van der Waals surface area contributed by atoms with Gasteiger partial charge in [0, 0.05) is 15.9 Å². The largest absolute Gasteiger partial charge is 0.309 e. The number of benzene rings is 3. The van der Waals surface area contributed by atoms with Crippen molar-refractivity contribution in [1.82, 2.24) is 0 Å². The first-order valence-corrected chi connectivity index (χ1v) is 11.1. The summed E-state index contributed by atoms with van der Waals surface area (Å²) in [4.78, 5) is 0.